The Balaban J connectivity index is 2.47. The highest BCUT2D eigenvalue weighted by atomic mass is 16.3. The highest BCUT2D eigenvalue weighted by Crippen LogP contribution is 2.45. The fraction of sp³-hybridized carbons (Fsp3) is 0.562. The van der Waals surface area contributed by atoms with Gasteiger partial charge in [0.1, 0.15) is 5.60 Å². The maximum Gasteiger partial charge on any atom is 0.193 e. The maximum atomic E-state index is 12.1. The highest BCUT2D eigenvalue weighted by Gasteiger charge is 2.35. The van der Waals surface area contributed by atoms with Gasteiger partial charge in [-0.15, -0.1) is 0 Å². The second kappa shape index (κ2) is 3.92. The average Bonchev–Trinajstić information content (AvgIpc) is 2.47. The molecule has 0 aliphatic heterocycles. The summed E-state index contributed by atoms with van der Waals surface area (Å²) in [5.74, 6) is 0.270. The summed E-state index contributed by atoms with van der Waals surface area (Å²) >= 11 is 0. The second-order valence-electron chi connectivity index (χ2n) is 6.68. The van der Waals surface area contributed by atoms with E-state index in [0.29, 0.717) is 11.5 Å². The lowest BCUT2D eigenvalue weighted by Crippen LogP contribution is -2.31. The van der Waals surface area contributed by atoms with E-state index in [1.54, 1.807) is 0 Å². The summed E-state index contributed by atoms with van der Waals surface area (Å²) in [7, 11) is 0. The molecule has 0 bridgehead atoms. The van der Waals surface area contributed by atoms with Gasteiger partial charge in [-0.1, -0.05) is 32.9 Å². The highest BCUT2D eigenvalue weighted by molar-refractivity contribution is 6.02. The van der Waals surface area contributed by atoms with Crippen molar-refractivity contribution in [1.29, 1.82) is 0 Å². The predicted octanol–water partition coefficient (Wildman–Crippen LogP) is 3.43. The van der Waals surface area contributed by atoms with Crippen molar-refractivity contribution in [3.8, 4) is 0 Å². The van der Waals surface area contributed by atoms with E-state index in [1.807, 2.05) is 12.1 Å². The molecule has 1 N–H and O–H groups in total. The van der Waals surface area contributed by atoms with Crippen LogP contribution in [0, 0.1) is 0 Å². The molecule has 1 aliphatic carbocycles. The Labute approximate surface area is 109 Å². The van der Waals surface area contributed by atoms with Crippen molar-refractivity contribution in [2.45, 2.75) is 58.0 Å². The number of Topliss-reactive ketones (excluding diaryl/α,β-unsaturated/α-hetero) is 1. The Morgan fingerprint density at radius 3 is 2.56 bits per heavy atom. The van der Waals surface area contributed by atoms with Crippen LogP contribution in [0.3, 0.4) is 0 Å². The van der Waals surface area contributed by atoms with Crippen LogP contribution in [0.15, 0.2) is 18.2 Å². The molecule has 0 saturated carbocycles. The lowest BCUT2D eigenvalue weighted by molar-refractivity contribution is 0.0488. The molecule has 2 rings (SSSR count). The van der Waals surface area contributed by atoms with Crippen LogP contribution in [0.25, 0.3) is 0 Å². The molecule has 0 aromatic heterocycles. The first-order chi connectivity index (χ1) is 8.13. The first-order valence-corrected chi connectivity index (χ1v) is 6.54. The minimum absolute atomic E-state index is 0.186. The minimum Gasteiger partial charge on any atom is -0.382 e. The van der Waals surface area contributed by atoms with Crippen molar-refractivity contribution in [3.63, 3.8) is 0 Å². The Hall–Kier alpha value is -1.15. The van der Waals surface area contributed by atoms with Gasteiger partial charge in [0, 0.05) is 5.56 Å². The standard InChI is InChI=1S/C16H22O2/c1-10-9-15(2,3)13-7-6-11(8-12(10)13)14(17)16(4,5)18/h6-8,10,18H,9H2,1-5H3/t10-/m0/s1. The normalized spacial score (nSPS) is 21.8. The number of ketones is 1. The second-order valence-corrected chi connectivity index (χ2v) is 6.68. The first kappa shape index (κ1) is 13.3. The summed E-state index contributed by atoms with van der Waals surface area (Å²) in [5, 5.41) is 9.81. The number of rotatable bonds is 2. The third kappa shape index (κ3) is 2.10. The van der Waals surface area contributed by atoms with Crippen LogP contribution >= 0.6 is 0 Å². The molecule has 0 spiro atoms. The van der Waals surface area contributed by atoms with Crippen LogP contribution in [-0.2, 0) is 5.41 Å². The Morgan fingerprint density at radius 1 is 1.39 bits per heavy atom. The zero-order chi connectivity index (χ0) is 13.7. The SMILES string of the molecule is C[C@H]1CC(C)(C)c2ccc(C(=O)C(C)(C)O)cc21. The summed E-state index contributed by atoms with van der Waals surface area (Å²) in [6.07, 6.45) is 1.11. The van der Waals surface area contributed by atoms with Gasteiger partial charge in [-0.25, -0.2) is 0 Å². The number of hydrogen-bond donors (Lipinski definition) is 1. The third-order valence-corrected chi connectivity index (χ3v) is 3.95. The van der Waals surface area contributed by atoms with E-state index in [0.717, 1.165) is 6.42 Å². The van der Waals surface area contributed by atoms with Crippen LogP contribution in [0.5, 0.6) is 0 Å². The van der Waals surface area contributed by atoms with E-state index in [9.17, 15) is 9.90 Å². The molecule has 2 nitrogen and oxygen atoms in total. The van der Waals surface area contributed by atoms with Gasteiger partial charge in [-0.2, -0.15) is 0 Å². The van der Waals surface area contributed by atoms with Crippen LogP contribution in [0.2, 0.25) is 0 Å². The summed E-state index contributed by atoms with van der Waals surface area (Å²) in [6.45, 7) is 9.76. The topological polar surface area (TPSA) is 37.3 Å². The first-order valence-electron chi connectivity index (χ1n) is 6.54. The lowest BCUT2D eigenvalue weighted by atomic mass is 9.85. The Bertz CT molecular complexity index is 492. The molecule has 98 valence electrons. The van der Waals surface area contributed by atoms with Gasteiger partial charge >= 0.3 is 0 Å². The molecule has 2 heteroatoms. The van der Waals surface area contributed by atoms with Crippen molar-refractivity contribution >= 4 is 5.78 Å². The van der Waals surface area contributed by atoms with E-state index >= 15 is 0 Å². The average molecular weight is 246 g/mol. The van der Waals surface area contributed by atoms with Crippen molar-refractivity contribution in [2.24, 2.45) is 0 Å². The molecule has 0 fully saturated rings. The summed E-state index contributed by atoms with van der Waals surface area (Å²) < 4.78 is 0. The molecule has 0 radical (unpaired) electrons. The molecule has 0 amide bonds. The van der Waals surface area contributed by atoms with Crippen molar-refractivity contribution in [2.75, 3.05) is 0 Å². The fourth-order valence-corrected chi connectivity index (χ4v) is 3.07. The summed E-state index contributed by atoms with van der Waals surface area (Å²) in [6, 6.07) is 5.87. The van der Waals surface area contributed by atoms with E-state index in [4.69, 9.17) is 0 Å². The molecule has 1 aromatic carbocycles. The zero-order valence-electron chi connectivity index (χ0n) is 11.9. The van der Waals surface area contributed by atoms with Gasteiger partial charge in [-0.3, -0.25) is 4.79 Å². The smallest absolute Gasteiger partial charge is 0.193 e. The Kier molecular flexibility index (Phi) is 2.90. The quantitative estimate of drug-likeness (QED) is 0.812. The van der Waals surface area contributed by atoms with Crippen LogP contribution in [0.1, 0.15) is 68.4 Å². The molecule has 0 heterocycles. The molecule has 0 saturated heterocycles. The van der Waals surface area contributed by atoms with Crippen molar-refractivity contribution < 1.29 is 9.90 Å². The van der Waals surface area contributed by atoms with Gasteiger partial charge in [0.05, 0.1) is 0 Å². The van der Waals surface area contributed by atoms with Gasteiger partial charge < -0.3 is 5.11 Å². The number of carbonyl (C=O) groups excluding carboxylic acids is 1. The number of hydrogen-bond acceptors (Lipinski definition) is 2. The van der Waals surface area contributed by atoms with E-state index < -0.39 is 5.60 Å². The molecule has 18 heavy (non-hydrogen) atoms. The van der Waals surface area contributed by atoms with Gasteiger partial charge in [0.15, 0.2) is 5.78 Å². The van der Waals surface area contributed by atoms with Crippen molar-refractivity contribution in [3.05, 3.63) is 34.9 Å². The fourth-order valence-electron chi connectivity index (χ4n) is 3.07. The number of carbonyl (C=O) groups is 1. The largest absolute Gasteiger partial charge is 0.382 e. The molecule has 1 aliphatic rings. The van der Waals surface area contributed by atoms with Crippen LogP contribution in [0.4, 0.5) is 0 Å². The molecular formula is C16H22O2. The summed E-state index contributed by atoms with van der Waals surface area (Å²) in [5.41, 5.74) is 2.10. The van der Waals surface area contributed by atoms with E-state index in [2.05, 4.69) is 26.8 Å². The van der Waals surface area contributed by atoms with E-state index in [-0.39, 0.29) is 11.2 Å². The molecule has 1 aromatic rings. The van der Waals surface area contributed by atoms with Gasteiger partial charge in [0.2, 0.25) is 0 Å². The van der Waals surface area contributed by atoms with Gasteiger partial charge in [0.25, 0.3) is 0 Å². The minimum atomic E-state index is -1.30. The van der Waals surface area contributed by atoms with Gasteiger partial charge in [-0.05, 0) is 48.8 Å². The molecular weight excluding hydrogens is 224 g/mol. The number of benzene rings is 1. The van der Waals surface area contributed by atoms with Crippen molar-refractivity contribution in [1.82, 2.24) is 0 Å². The lowest BCUT2D eigenvalue weighted by Gasteiger charge is -2.20. The summed E-state index contributed by atoms with van der Waals surface area (Å²) in [4.78, 5) is 12.1. The Morgan fingerprint density at radius 2 is 2.00 bits per heavy atom. The maximum absolute atomic E-state index is 12.1. The zero-order valence-corrected chi connectivity index (χ0v) is 11.9. The number of fused-ring (bicyclic) bond motifs is 1. The molecule has 1 atom stereocenters. The van der Waals surface area contributed by atoms with Crippen LogP contribution < -0.4 is 0 Å². The van der Waals surface area contributed by atoms with Crippen LogP contribution in [-0.4, -0.2) is 16.5 Å². The predicted molar refractivity (Wildman–Crippen MR) is 73.1 cm³/mol. The third-order valence-electron chi connectivity index (χ3n) is 3.95. The monoisotopic (exact) mass is 246 g/mol. The number of aliphatic hydroxyl groups is 1. The van der Waals surface area contributed by atoms with E-state index in [1.165, 1.54) is 25.0 Å². The molecule has 0 unspecified atom stereocenters.